The lowest BCUT2D eigenvalue weighted by atomic mass is 10.1. The first-order chi connectivity index (χ1) is 6.59. The maximum atomic E-state index is 3.53. The monoisotopic (exact) mass is 191 g/mol. The van der Waals surface area contributed by atoms with E-state index in [1.165, 1.54) is 11.1 Å². The Balaban J connectivity index is 2.56. The molecule has 0 bridgehead atoms. The van der Waals surface area contributed by atoms with Crippen LogP contribution in [0.1, 0.15) is 37.9 Å². The standard InChI is InChI=1S/C13H21N/c1-10(2)9-14-12(4)13-7-5-6-11(3)8-13/h5-8,10,12,14H,9H2,1-4H3/t12-/m0/s1. The highest BCUT2D eigenvalue weighted by molar-refractivity contribution is 5.24. The second kappa shape index (κ2) is 5.16. The summed E-state index contributed by atoms with van der Waals surface area (Å²) in [6.07, 6.45) is 0. The molecule has 1 aromatic carbocycles. The first-order valence-corrected chi connectivity index (χ1v) is 5.39. The minimum Gasteiger partial charge on any atom is -0.310 e. The van der Waals surface area contributed by atoms with Gasteiger partial charge in [-0.25, -0.2) is 0 Å². The Hall–Kier alpha value is -0.820. The number of nitrogens with one attached hydrogen (secondary N) is 1. The summed E-state index contributed by atoms with van der Waals surface area (Å²) in [5.74, 6) is 0.710. The molecule has 1 nitrogen and oxygen atoms in total. The van der Waals surface area contributed by atoms with Crippen LogP contribution in [0.3, 0.4) is 0 Å². The van der Waals surface area contributed by atoms with Crippen LogP contribution in [0.5, 0.6) is 0 Å². The smallest absolute Gasteiger partial charge is 0.0291 e. The third kappa shape index (κ3) is 3.51. The molecule has 0 unspecified atom stereocenters. The Morgan fingerprint density at radius 2 is 1.93 bits per heavy atom. The fourth-order valence-electron chi connectivity index (χ4n) is 1.47. The zero-order chi connectivity index (χ0) is 10.6. The van der Waals surface area contributed by atoms with E-state index in [1.54, 1.807) is 0 Å². The maximum Gasteiger partial charge on any atom is 0.0291 e. The second-order valence-corrected chi connectivity index (χ2v) is 4.44. The lowest BCUT2D eigenvalue weighted by molar-refractivity contribution is 0.496. The van der Waals surface area contributed by atoms with E-state index < -0.39 is 0 Å². The Bertz CT molecular complexity index is 278. The van der Waals surface area contributed by atoms with Crippen LogP contribution in [0.4, 0.5) is 0 Å². The van der Waals surface area contributed by atoms with Crippen LogP contribution in [0, 0.1) is 12.8 Å². The molecule has 0 spiro atoms. The van der Waals surface area contributed by atoms with Crippen LogP contribution >= 0.6 is 0 Å². The quantitative estimate of drug-likeness (QED) is 0.770. The van der Waals surface area contributed by atoms with Crippen molar-refractivity contribution < 1.29 is 0 Å². The minimum atomic E-state index is 0.456. The zero-order valence-corrected chi connectivity index (χ0v) is 9.67. The predicted octanol–water partition coefficient (Wildman–Crippen LogP) is 3.30. The van der Waals surface area contributed by atoms with Gasteiger partial charge in [-0.15, -0.1) is 0 Å². The Kier molecular flexibility index (Phi) is 4.15. The fourth-order valence-corrected chi connectivity index (χ4v) is 1.47. The molecular formula is C13H21N. The molecular weight excluding hydrogens is 170 g/mol. The van der Waals surface area contributed by atoms with Crippen LogP contribution in [-0.4, -0.2) is 6.54 Å². The van der Waals surface area contributed by atoms with E-state index in [4.69, 9.17) is 0 Å². The molecule has 0 aliphatic carbocycles. The molecule has 0 heterocycles. The predicted molar refractivity (Wildman–Crippen MR) is 62.4 cm³/mol. The average molecular weight is 191 g/mol. The number of benzene rings is 1. The van der Waals surface area contributed by atoms with Crippen molar-refractivity contribution in [2.24, 2.45) is 5.92 Å². The minimum absolute atomic E-state index is 0.456. The molecule has 0 saturated carbocycles. The summed E-state index contributed by atoms with van der Waals surface area (Å²) in [5.41, 5.74) is 2.71. The van der Waals surface area contributed by atoms with Gasteiger partial charge in [0, 0.05) is 6.04 Å². The summed E-state index contributed by atoms with van der Waals surface area (Å²) in [7, 11) is 0. The highest BCUT2D eigenvalue weighted by atomic mass is 14.9. The number of rotatable bonds is 4. The Labute approximate surface area is 87.5 Å². The van der Waals surface area contributed by atoms with E-state index in [9.17, 15) is 0 Å². The van der Waals surface area contributed by atoms with E-state index in [0.29, 0.717) is 12.0 Å². The normalized spacial score (nSPS) is 13.2. The van der Waals surface area contributed by atoms with E-state index >= 15 is 0 Å². The van der Waals surface area contributed by atoms with E-state index in [0.717, 1.165) is 6.54 Å². The molecule has 1 aromatic rings. The maximum absolute atomic E-state index is 3.53. The SMILES string of the molecule is Cc1cccc([C@H](C)NCC(C)C)c1. The molecule has 1 atom stereocenters. The van der Waals surface area contributed by atoms with Crippen LogP contribution in [0.15, 0.2) is 24.3 Å². The van der Waals surface area contributed by atoms with Gasteiger partial charge in [0.05, 0.1) is 0 Å². The first-order valence-electron chi connectivity index (χ1n) is 5.39. The molecule has 0 aliphatic heterocycles. The average Bonchev–Trinajstić information content (AvgIpc) is 2.14. The van der Waals surface area contributed by atoms with E-state index in [-0.39, 0.29) is 0 Å². The Morgan fingerprint density at radius 1 is 1.21 bits per heavy atom. The number of aryl methyl sites for hydroxylation is 1. The molecule has 0 aliphatic rings. The van der Waals surface area contributed by atoms with Crippen LogP contribution in [0.25, 0.3) is 0 Å². The summed E-state index contributed by atoms with van der Waals surface area (Å²) < 4.78 is 0. The van der Waals surface area contributed by atoms with Gasteiger partial charge in [-0.05, 0) is 31.9 Å². The van der Waals surface area contributed by atoms with Gasteiger partial charge in [-0.1, -0.05) is 43.7 Å². The van der Waals surface area contributed by atoms with Crippen molar-refractivity contribution in [2.45, 2.75) is 33.7 Å². The van der Waals surface area contributed by atoms with Gasteiger partial charge in [0.2, 0.25) is 0 Å². The van der Waals surface area contributed by atoms with Crippen molar-refractivity contribution in [3.8, 4) is 0 Å². The van der Waals surface area contributed by atoms with Gasteiger partial charge in [0.25, 0.3) is 0 Å². The molecule has 1 N–H and O–H groups in total. The lowest BCUT2D eigenvalue weighted by Crippen LogP contribution is -2.23. The number of hydrogen-bond donors (Lipinski definition) is 1. The third-order valence-corrected chi connectivity index (χ3v) is 2.37. The highest BCUT2D eigenvalue weighted by Gasteiger charge is 2.04. The third-order valence-electron chi connectivity index (χ3n) is 2.37. The molecule has 0 fully saturated rings. The van der Waals surface area contributed by atoms with Crippen molar-refractivity contribution in [1.29, 1.82) is 0 Å². The van der Waals surface area contributed by atoms with Crippen molar-refractivity contribution in [2.75, 3.05) is 6.54 Å². The first kappa shape index (κ1) is 11.3. The van der Waals surface area contributed by atoms with Crippen molar-refractivity contribution in [1.82, 2.24) is 5.32 Å². The largest absolute Gasteiger partial charge is 0.310 e. The summed E-state index contributed by atoms with van der Waals surface area (Å²) >= 11 is 0. The zero-order valence-electron chi connectivity index (χ0n) is 9.67. The summed E-state index contributed by atoms with van der Waals surface area (Å²) in [6.45, 7) is 9.90. The molecule has 0 saturated heterocycles. The lowest BCUT2D eigenvalue weighted by Gasteiger charge is -2.16. The summed E-state index contributed by atoms with van der Waals surface area (Å²) in [5, 5.41) is 3.53. The van der Waals surface area contributed by atoms with Crippen molar-refractivity contribution in [3.05, 3.63) is 35.4 Å². The van der Waals surface area contributed by atoms with Crippen LogP contribution in [-0.2, 0) is 0 Å². The van der Waals surface area contributed by atoms with Gasteiger partial charge in [0.1, 0.15) is 0 Å². The summed E-state index contributed by atoms with van der Waals surface area (Å²) in [4.78, 5) is 0. The molecule has 78 valence electrons. The molecule has 14 heavy (non-hydrogen) atoms. The number of hydrogen-bond acceptors (Lipinski definition) is 1. The van der Waals surface area contributed by atoms with E-state index in [2.05, 4.69) is 57.3 Å². The molecule has 0 radical (unpaired) electrons. The highest BCUT2D eigenvalue weighted by Crippen LogP contribution is 2.13. The molecule has 1 heteroatoms. The van der Waals surface area contributed by atoms with Crippen LogP contribution < -0.4 is 5.32 Å². The topological polar surface area (TPSA) is 12.0 Å². The molecule has 1 rings (SSSR count). The fraction of sp³-hybridized carbons (Fsp3) is 0.538. The van der Waals surface area contributed by atoms with Crippen molar-refractivity contribution >= 4 is 0 Å². The van der Waals surface area contributed by atoms with Gasteiger partial charge in [-0.2, -0.15) is 0 Å². The van der Waals surface area contributed by atoms with Gasteiger partial charge in [-0.3, -0.25) is 0 Å². The van der Waals surface area contributed by atoms with Gasteiger partial charge >= 0.3 is 0 Å². The van der Waals surface area contributed by atoms with E-state index in [1.807, 2.05) is 0 Å². The molecule has 0 aromatic heterocycles. The van der Waals surface area contributed by atoms with Gasteiger partial charge in [0.15, 0.2) is 0 Å². The van der Waals surface area contributed by atoms with Crippen molar-refractivity contribution in [3.63, 3.8) is 0 Å². The summed E-state index contributed by atoms with van der Waals surface area (Å²) in [6, 6.07) is 9.15. The second-order valence-electron chi connectivity index (χ2n) is 4.44. The Morgan fingerprint density at radius 3 is 2.50 bits per heavy atom. The van der Waals surface area contributed by atoms with Crippen LogP contribution in [0.2, 0.25) is 0 Å². The molecule has 0 amide bonds. The van der Waals surface area contributed by atoms with Gasteiger partial charge < -0.3 is 5.32 Å².